The third-order valence-corrected chi connectivity index (χ3v) is 9.47. The summed E-state index contributed by atoms with van der Waals surface area (Å²) >= 11 is 0. The largest absolute Gasteiger partial charge is 0.471 e. The summed E-state index contributed by atoms with van der Waals surface area (Å²) in [6.07, 6.45) is 5.91. The number of pyridine rings is 1. The first-order valence-electron chi connectivity index (χ1n) is 15.0. The van der Waals surface area contributed by atoms with Gasteiger partial charge in [0.1, 0.15) is 18.7 Å². The number of anilines is 2. The fraction of sp³-hybridized carbons (Fsp3) is 0.394. The van der Waals surface area contributed by atoms with Crippen molar-refractivity contribution in [1.82, 2.24) is 14.5 Å². The van der Waals surface area contributed by atoms with E-state index in [9.17, 15) is 9.18 Å². The highest BCUT2D eigenvalue weighted by molar-refractivity contribution is 5.86. The molecule has 3 fully saturated rings. The average Bonchev–Trinajstić information content (AvgIpc) is 3.59. The van der Waals surface area contributed by atoms with Crippen LogP contribution >= 0.6 is 0 Å². The number of carbonyl (C=O) groups excluding carboxylic acids is 1. The van der Waals surface area contributed by atoms with Gasteiger partial charge in [-0.2, -0.15) is 4.98 Å². The van der Waals surface area contributed by atoms with Crippen LogP contribution < -0.4 is 15.0 Å². The van der Waals surface area contributed by atoms with Gasteiger partial charge in [0, 0.05) is 61.8 Å². The Morgan fingerprint density at radius 3 is 2.66 bits per heavy atom. The van der Waals surface area contributed by atoms with Crippen LogP contribution in [0.3, 0.4) is 0 Å². The van der Waals surface area contributed by atoms with E-state index >= 15 is 4.39 Å². The van der Waals surface area contributed by atoms with Crippen molar-refractivity contribution in [3.8, 4) is 5.88 Å². The van der Waals surface area contributed by atoms with Gasteiger partial charge in [-0.05, 0) is 67.0 Å². The molecule has 2 N–H and O–H groups in total. The smallest absolute Gasteiger partial charge is 0.252 e. The number of nitrogens with zero attached hydrogens (tertiary/aromatic N) is 4. The summed E-state index contributed by atoms with van der Waals surface area (Å²) in [4.78, 5) is 22.6. The van der Waals surface area contributed by atoms with Crippen molar-refractivity contribution in [2.24, 2.45) is 5.41 Å². The van der Waals surface area contributed by atoms with E-state index in [2.05, 4.69) is 14.9 Å². The van der Waals surface area contributed by atoms with Crippen LogP contribution in [0.4, 0.5) is 20.3 Å². The molecule has 7 rings (SSSR count). The molecular formula is C33H34F2N6O3. The Hall–Kier alpha value is -4.38. The molecule has 44 heavy (non-hydrogen) atoms. The van der Waals surface area contributed by atoms with Crippen molar-refractivity contribution in [1.29, 1.82) is 5.41 Å². The Morgan fingerprint density at radius 2 is 1.95 bits per heavy atom. The topological polar surface area (TPSA) is 105 Å². The normalized spacial score (nSPS) is 20.4. The van der Waals surface area contributed by atoms with Gasteiger partial charge >= 0.3 is 0 Å². The maximum absolute atomic E-state index is 15.0. The minimum atomic E-state index is -0.854. The summed E-state index contributed by atoms with van der Waals surface area (Å²) in [6, 6.07) is 11.9. The molecule has 0 amide bonds. The molecule has 2 aromatic carbocycles. The molecule has 4 heterocycles. The number of carbonyl (C=O) groups is 1. The van der Waals surface area contributed by atoms with Gasteiger partial charge in [0.2, 0.25) is 0 Å². The SMILES string of the molecule is CNc1ccc(COc2nc(N3CCC4(CC3)CC4c3nc4ccc(C=O)cc4n3CC3CCO3)c(F)cc2F)cc1C=N. The highest BCUT2D eigenvalue weighted by atomic mass is 19.1. The molecule has 0 radical (unpaired) electrons. The number of benzene rings is 2. The summed E-state index contributed by atoms with van der Waals surface area (Å²) in [7, 11) is 1.77. The van der Waals surface area contributed by atoms with Crippen LogP contribution in [0.2, 0.25) is 0 Å². The number of hydrogen-bond acceptors (Lipinski definition) is 8. The standard InChI is InChI=1S/C33H34F2N6O3/c1-37-27-4-3-21(12-22(27)16-36)19-44-32-26(35)14-25(34)31(39-32)40-9-7-33(8-10-40)15-24(33)30-38-28-5-2-20(18-42)13-29(28)41(30)17-23-6-11-43-23/h2-5,12-14,16,18,23-24,36-37H,6-11,15,17,19H2,1H3. The van der Waals surface area contributed by atoms with Crippen molar-refractivity contribution in [2.75, 3.05) is 37.0 Å². The first kappa shape index (κ1) is 28.4. The molecule has 1 spiro atoms. The van der Waals surface area contributed by atoms with Crippen LogP contribution in [0.5, 0.6) is 5.88 Å². The van der Waals surface area contributed by atoms with Crippen molar-refractivity contribution >= 4 is 35.0 Å². The van der Waals surface area contributed by atoms with Crippen molar-refractivity contribution in [2.45, 2.75) is 50.9 Å². The van der Waals surface area contributed by atoms with E-state index in [0.29, 0.717) is 30.8 Å². The molecule has 2 aromatic heterocycles. The Bertz CT molecular complexity index is 1750. The first-order chi connectivity index (χ1) is 21.4. The van der Waals surface area contributed by atoms with Gasteiger partial charge in [0.15, 0.2) is 17.5 Å². The van der Waals surface area contributed by atoms with E-state index in [0.717, 1.165) is 72.8 Å². The lowest BCUT2D eigenvalue weighted by atomic mass is 9.90. The zero-order chi connectivity index (χ0) is 30.4. The van der Waals surface area contributed by atoms with Crippen LogP contribution in [0.15, 0.2) is 42.5 Å². The summed E-state index contributed by atoms with van der Waals surface area (Å²) < 4.78 is 43.4. The Balaban J connectivity index is 1.06. The molecule has 11 heteroatoms. The number of halogens is 2. The van der Waals surface area contributed by atoms with E-state index in [1.807, 2.05) is 29.2 Å². The summed E-state index contributed by atoms with van der Waals surface area (Å²) in [6.45, 7) is 2.68. The van der Waals surface area contributed by atoms with E-state index in [4.69, 9.17) is 19.9 Å². The fourth-order valence-corrected chi connectivity index (χ4v) is 6.72. The van der Waals surface area contributed by atoms with Gasteiger partial charge in [0.05, 0.1) is 23.7 Å². The number of aldehydes is 1. The lowest BCUT2D eigenvalue weighted by Crippen LogP contribution is -2.36. The zero-order valence-electron chi connectivity index (χ0n) is 24.5. The molecule has 228 valence electrons. The van der Waals surface area contributed by atoms with Gasteiger partial charge in [-0.25, -0.2) is 13.8 Å². The lowest BCUT2D eigenvalue weighted by molar-refractivity contribution is -0.0590. The maximum Gasteiger partial charge on any atom is 0.252 e. The van der Waals surface area contributed by atoms with Crippen LogP contribution in [0, 0.1) is 22.5 Å². The van der Waals surface area contributed by atoms with E-state index in [1.54, 1.807) is 19.2 Å². The number of piperidine rings is 1. The van der Waals surface area contributed by atoms with Crippen LogP contribution in [0.25, 0.3) is 11.0 Å². The molecule has 2 atom stereocenters. The number of hydrogen-bond donors (Lipinski definition) is 2. The summed E-state index contributed by atoms with van der Waals surface area (Å²) in [5.41, 5.74) is 4.74. The summed E-state index contributed by atoms with van der Waals surface area (Å²) in [5.74, 6) is -0.426. The van der Waals surface area contributed by atoms with Crippen LogP contribution in [-0.2, 0) is 17.9 Å². The highest BCUT2D eigenvalue weighted by Crippen LogP contribution is 2.65. The Kier molecular flexibility index (Phi) is 7.28. The zero-order valence-corrected chi connectivity index (χ0v) is 24.5. The van der Waals surface area contributed by atoms with Crippen molar-refractivity contribution in [3.63, 3.8) is 0 Å². The van der Waals surface area contributed by atoms with Gasteiger partial charge in [0.25, 0.3) is 5.88 Å². The third-order valence-electron chi connectivity index (χ3n) is 9.47. The predicted octanol–water partition coefficient (Wildman–Crippen LogP) is 5.70. The molecule has 1 aliphatic carbocycles. The van der Waals surface area contributed by atoms with Crippen LogP contribution in [-0.4, -0.2) is 59.9 Å². The van der Waals surface area contributed by atoms with Crippen LogP contribution in [0.1, 0.15) is 58.9 Å². The lowest BCUT2D eigenvalue weighted by Gasteiger charge is -2.34. The molecular weight excluding hydrogens is 566 g/mol. The number of imidazole rings is 1. The molecule has 2 aliphatic heterocycles. The molecule has 1 saturated carbocycles. The molecule has 2 saturated heterocycles. The number of rotatable bonds is 10. The predicted molar refractivity (Wildman–Crippen MR) is 163 cm³/mol. The molecule has 2 unspecified atom stereocenters. The van der Waals surface area contributed by atoms with Crippen molar-refractivity contribution in [3.05, 3.63) is 76.6 Å². The number of ether oxygens (including phenoxy) is 2. The molecule has 0 bridgehead atoms. The monoisotopic (exact) mass is 600 g/mol. The van der Waals surface area contributed by atoms with Gasteiger partial charge < -0.3 is 29.7 Å². The average molecular weight is 601 g/mol. The molecule has 3 aliphatic rings. The molecule has 4 aromatic rings. The second kappa shape index (κ2) is 11.3. The third kappa shape index (κ3) is 5.08. The highest BCUT2D eigenvalue weighted by Gasteiger charge is 2.57. The van der Waals surface area contributed by atoms with Gasteiger partial charge in [-0.3, -0.25) is 4.79 Å². The molecule has 9 nitrogen and oxygen atoms in total. The first-order valence-corrected chi connectivity index (χ1v) is 15.0. The van der Waals surface area contributed by atoms with Crippen molar-refractivity contribution < 1.29 is 23.0 Å². The quantitative estimate of drug-likeness (QED) is 0.178. The number of aromatic nitrogens is 3. The van der Waals surface area contributed by atoms with Gasteiger partial charge in [-0.1, -0.05) is 6.07 Å². The van der Waals surface area contributed by atoms with Gasteiger partial charge in [-0.15, -0.1) is 0 Å². The summed E-state index contributed by atoms with van der Waals surface area (Å²) in [5, 5.41) is 10.6. The number of nitrogens with one attached hydrogen (secondary N) is 2. The number of fused-ring (bicyclic) bond motifs is 1. The van der Waals surface area contributed by atoms with E-state index in [-0.39, 0.29) is 35.7 Å². The van der Waals surface area contributed by atoms with E-state index in [1.165, 1.54) is 6.21 Å². The fourth-order valence-electron chi connectivity index (χ4n) is 6.72. The van der Waals surface area contributed by atoms with E-state index < -0.39 is 11.6 Å². The second-order valence-electron chi connectivity index (χ2n) is 12.0. The minimum Gasteiger partial charge on any atom is -0.471 e. The minimum absolute atomic E-state index is 0.0336. The Morgan fingerprint density at radius 1 is 1.14 bits per heavy atom. The Labute approximate surface area is 253 Å². The maximum atomic E-state index is 15.0. The second-order valence-corrected chi connectivity index (χ2v) is 12.0.